The minimum Gasteiger partial charge on any atom is -0.381 e. The first-order valence-corrected chi connectivity index (χ1v) is 15.5. The van der Waals surface area contributed by atoms with E-state index in [9.17, 15) is 0 Å². The summed E-state index contributed by atoms with van der Waals surface area (Å²) in [7, 11) is 0. The van der Waals surface area contributed by atoms with Gasteiger partial charge in [0.15, 0.2) is 0 Å². The Morgan fingerprint density at radius 3 is 2.36 bits per heavy atom. The summed E-state index contributed by atoms with van der Waals surface area (Å²) >= 11 is 0. The summed E-state index contributed by atoms with van der Waals surface area (Å²) in [5.41, 5.74) is 8.31. The number of nitrogens with zero attached hydrogens (tertiary/aromatic N) is 1. The molecule has 194 valence electrons. The summed E-state index contributed by atoms with van der Waals surface area (Å²) in [6, 6.07) is 3.05. The molecule has 4 heteroatoms. The van der Waals surface area contributed by atoms with Gasteiger partial charge in [0.2, 0.25) is 0 Å². The Balaban J connectivity index is 1.14. The van der Waals surface area contributed by atoms with Crippen LogP contribution in [-0.4, -0.2) is 23.6 Å². The molecule has 3 N–H and O–H groups in total. The highest BCUT2D eigenvalue weighted by atomic mass is 15.1. The molecule has 8 rings (SSSR count). The third kappa shape index (κ3) is 3.09. The van der Waals surface area contributed by atoms with E-state index in [-0.39, 0.29) is 5.54 Å². The number of piperidine rings is 2. The molecule has 4 nitrogen and oxygen atoms in total. The standard InChI is InChI=1S/C32H46N4/c1-19-12-22-15-30-26(31(16-19)24(22)5-3-9-34-31)7-8-28(36-30)23-13-27-29(33-18-23)14-21-11-20(2)17-32(27)25(21)6-4-10-35-32/h13,18-22,24-25,28,34-36H,3-12,14-17H2,1-2H3/t19-,20-,21-,22-,24-,25-,28-,31+,32+/m1/s1. The van der Waals surface area contributed by atoms with E-state index in [1.165, 1.54) is 101 Å². The van der Waals surface area contributed by atoms with Gasteiger partial charge in [-0.1, -0.05) is 13.8 Å². The minimum atomic E-state index is 0.187. The maximum atomic E-state index is 5.21. The van der Waals surface area contributed by atoms with Crippen LogP contribution in [0.2, 0.25) is 0 Å². The van der Waals surface area contributed by atoms with E-state index in [2.05, 4.69) is 42.1 Å². The molecule has 0 radical (unpaired) electrons. The maximum Gasteiger partial charge on any atom is 0.0529 e. The van der Waals surface area contributed by atoms with E-state index < -0.39 is 0 Å². The van der Waals surface area contributed by atoms with Crippen LogP contribution in [0, 0.1) is 35.5 Å². The smallest absolute Gasteiger partial charge is 0.0529 e. The molecule has 0 unspecified atom stereocenters. The molecule has 1 aromatic rings. The topological polar surface area (TPSA) is 49.0 Å². The Morgan fingerprint density at radius 1 is 0.861 bits per heavy atom. The number of rotatable bonds is 1. The maximum absolute atomic E-state index is 5.21. The monoisotopic (exact) mass is 486 g/mol. The molecular weight excluding hydrogens is 440 g/mol. The summed E-state index contributed by atoms with van der Waals surface area (Å²) in [6.07, 6.45) is 18.3. The average molecular weight is 487 g/mol. The lowest BCUT2D eigenvalue weighted by molar-refractivity contribution is 0.00790. The zero-order valence-electron chi connectivity index (χ0n) is 22.5. The highest BCUT2D eigenvalue weighted by Gasteiger charge is 2.56. The number of hydrogen-bond donors (Lipinski definition) is 3. The molecule has 36 heavy (non-hydrogen) atoms. The Labute approximate surface area is 217 Å². The van der Waals surface area contributed by atoms with Gasteiger partial charge < -0.3 is 16.0 Å². The first-order valence-electron chi connectivity index (χ1n) is 15.5. The number of pyridine rings is 1. The number of nitrogens with one attached hydrogen (secondary N) is 3. The number of allylic oxidation sites excluding steroid dienone is 1. The first-order chi connectivity index (χ1) is 17.6. The fourth-order valence-electron chi connectivity index (χ4n) is 11.2. The van der Waals surface area contributed by atoms with E-state index in [4.69, 9.17) is 4.98 Å². The van der Waals surface area contributed by atoms with Crippen molar-refractivity contribution in [3.63, 3.8) is 0 Å². The van der Waals surface area contributed by atoms with Crippen molar-refractivity contribution in [2.24, 2.45) is 35.5 Å². The van der Waals surface area contributed by atoms with Crippen molar-refractivity contribution in [3.05, 3.63) is 40.4 Å². The van der Waals surface area contributed by atoms with Crippen molar-refractivity contribution in [2.75, 3.05) is 13.1 Å². The highest BCUT2D eigenvalue weighted by Crippen LogP contribution is 2.58. The van der Waals surface area contributed by atoms with E-state index in [0.717, 1.165) is 35.5 Å². The van der Waals surface area contributed by atoms with Crippen molar-refractivity contribution in [1.82, 2.24) is 20.9 Å². The van der Waals surface area contributed by atoms with Gasteiger partial charge in [-0.05, 0) is 148 Å². The molecule has 7 aliphatic rings. The summed E-state index contributed by atoms with van der Waals surface area (Å²) in [6.45, 7) is 7.38. The molecule has 0 spiro atoms. The SMILES string of the molecule is C[C@@H]1C[C@@H]2CC3=C(CC[C@H](c4cnc5c(c4)[C@]46C[C@H](C)C[C@H](C5)[C@H]4CCCN6)N3)[C@@]3(C1)NCCC[C@H]23. The van der Waals surface area contributed by atoms with Gasteiger partial charge in [0.1, 0.15) is 0 Å². The molecule has 9 atom stereocenters. The first kappa shape index (κ1) is 22.6. The summed E-state index contributed by atoms with van der Waals surface area (Å²) in [5, 5.41) is 12.4. The van der Waals surface area contributed by atoms with E-state index in [1.807, 2.05) is 0 Å². The van der Waals surface area contributed by atoms with Crippen LogP contribution in [0.25, 0.3) is 0 Å². The van der Waals surface area contributed by atoms with E-state index >= 15 is 0 Å². The van der Waals surface area contributed by atoms with Crippen molar-refractivity contribution >= 4 is 0 Å². The summed E-state index contributed by atoms with van der Waals surface area (Å²) in [5.74, 6) is 5.04. The zero-order valence-corrected chi connectivity index (χ0v) is 22.5. The molecule has 4 fully saturated rings. The number of fused-ring (bicyclic) bond motifs is 1. The molecule has 4 aliphatic carbocycles. The van der Waals surface area contributed by atoms with Gasteiger partial charge in [0.25, 0.3) is 0 Å². The zero-order chi connectivity index (χ0) is 24.1. The van der Waals surface area contributed by atoms with Crippen LogP contribution in [0.15, 0.2) is 23.5 Å². The second kappa shape index (κ2) is 8.06. The molecule has 2 saturated carbocycles. The lowest BCUT2D eigenvalue weighted by Gasteiger charge is -2.59. The van der Waals surface area contributed by atoms with Crippen molar-refractivity contribution in [3.8, 4) is 0 Å². The molecular formula is C32H46N4. The molecule has 4 bridgehead atoms. The number of hydrogen-bond acceptors (Lipinski definition) is 4. The fraction of sp³-hybridized carbons (Fsp3) is 0.781. The lowest BCUT2D eigenvalue weighted by atomic mass is 9.53. The molecule has 1 aromatic heterocycles. The van der Waals surface area contributed by atoms with Crippen LogP contribution in [0.1, 0.15) is 107 Å². The summed E-state index contributed by atoms with van der Waals surface area (Å²) in [4.78, 5) is 5.21. The molecule has 0 aromatic carbocycles. The average Bonchev–Trinajstić information content (AvgIpc) is 2.87. The molecule has 4 heterocycles. The lowest BCUT2D eigenvalue weighted by Crippen LogP contribution is -2.64. The Kier molecular flexibility index (Phi) is 5.05. The van der Waals surface area contributed by atoms with Gasteiger partial charge in [0.05, 0.1) is 6.04 Å². The van der Waals surface area contributed by atoms with E-state index in [1.54, 1.807) is 16.8 Å². The van der Waals surface area contributed by atoms with Gasteiger partial charge in [-0.25, -0.2) is 0 Å². The fourth-order valence-corrected chi connectivity index (χ4v) is 11.2. The van der Waals surface area contributed by atoms with Gasteiger partial charge in [-0.15, -0.1) is 0 Å². The highest BCUT2D eigenvalue weighted by molar-refractivity contribution is 5.42. The van der Waals surface area contributed by atoms with Crippen LogP contribution in [0.5, 0.6) is 0 Å². The van der Waals surface area contributed by atoms with Gasteiger partial charge in [0, 0.05) is 28.7 Å². The van der Waals surface area contributed by atoms with Crippen LogP contribution in [0.3, 0.4) is 0 Å². The van der Waals surface area contributed by atoms with Crippen molar-refractivity contribution in [2.45, 2.75) is 108 Å². The van der Waals surface area contributed by atoms with Crippen LogP contribution < -0.4 is 16.0 Å². The van der Waals surface area contributed by atoms with Crippen LogP contribution >= 0.6 is 0 Å². The third-order valence-electron chi connectivity index (χ3n) is 12.2. The van der Waals surface area contributed by atoms with Gasteiger partial charge in [-0.2, -0.15) is 0 Å². The predicted molar refractivity (Wildman–Crippen MR) is 144 cm³/mol. The normalized spacial score (nSPS) is 47.1. The molecule has 3 aliphatic heterocycles. The second-order valence-corrected chi connectivity index (χ2v) is 14.3. The van der Waals surface area contributed by atoms with Crippen LogP contribution in [0.4, 0.5) is 0 Å². The predicted octanol–water partition coefficient (Wildman–Crippen LogP) is 5.75. The quantitative estimate of drug-likeness (QED) is 0.473. The van der Waals surface area contributed by atoms with Crippen molar-refractivity contribution in [1.29, 1.82) is 0 Å². The third-order valence-corrected chi connectivity index (χ3v) is 12.2. The van der Waals surface area contributed by atoms with Crippen molar-refractivity contribution < 1.29 is 0 Å². The summed E-state index contributed by atoms with van der Waals surface area (Å²) < 4.78 is 0. The van der Waals surface area contributed by atoms with Gasteiger partial charge >= 0.3 is 0 Å². The molecule has 0 amide bonds. The molecule has 2 saturated heterocycles. The Morgan fingerprint density at radius 2 is 1.56 bits per heavy atom. The Bertz CT molecular complexity index is 1090. The van der Waals surface area contributed by atoms with Crippen LogP contribution in [-0.2, 0) is 12.0 Å². The van der Waals surface area contributed by atoms with Gasteiger partial charge in [-0.3, -0.25) is 4.98 Å². The Hall–Kier alpha value is -1.39. The second-order valence-electron chi connectivity index (χ2n) is 14.3. The van der Waals surface area contributed by atoms with E-state index in [0.29, 0.717) is 11.6 Å². The minimum absolute atomic E-state index is 0.187. The largest absolute Gasteiger partial charge is 0.381 e. The number of aromatic nitrogens is 1.